The highest BCUT2D eigenvalue weighted by atomic mass is 16.3. The third-order valence-electron chi connectivity index (χ3n) is 4.31. The average molecular weight is 278 g/mol. The Morgan fingerprint density at radius 1 is 1.45 bits per heavy atom. The lowest BCUT2D eigenvalue weighted by atomic mass is 9.91. The zero-order chi connectivity index (χ0) is 14.5. The van der Waals surface area contributed by atoms with Gasteiger partial charge in [0.15, 0.2) is 0 Å². The first-order valence-corrected chi connectivity index (χ1v) is 7.70. The van der Waals surface area contributed by atoms with Gasteiger partial charge in [-0.15, -0.1) is 0 Å². The van der Waals surface area contributed by atoms with E-state index in [1.165, 1.54) is 0 Å². The smallest absolute Gasteiger partial charge is 0.237 e. The second-order valence-corrected chi connectivity index (χ2v) is 5.71. The molecule has 4 heteroatoms. The summed E-state index contributed by atoms with van der Waals surface area (Å²) in [4.78, 5) is 16.8. The Morgan fingerprint density at radius 3 is 2.80 bits per heavy atom. The predicted octanol–water partition coefficient (Wildman–Crippen LogP) is 2.92. The number of rotatable bonds is 5. The minimum atomic E-state index is 0.108. The van der Waals surface area contributed by atoms with Gasteiger partial charge >= 0.3 is 0 Å². The molecule has 112 valence electrons. The van der Waals surface area contributed by atoms with Crippen molar-refractivity contribution < 1.29 is 9.21 Å². The fourth-order valence-electron chi connectivity index (χ4n) is 2.92. The van der Waals surface area contributed by atoms with Crippen molar-refractivity contribution in [3.05, 3.63) is 24.2 Å². The maximum absolute atomic E-state index is 12.6. The molecule has 0 saturated carbocycles. The van der Waals surface area contributed by atoms with E-state index < -0.39 is 0 Å². The number of likely N-dealkylation sites (tertiary alicyclic amines) is 1. The number of nitrogens with zero attached hydrogens (tertiary/aromatic N) is 2. The van der Waals surface area contributed by atoms with Crippen LogP contribution in [0.15, 0.2) is 22.8 Å². The lowest BCUT2D eigenvalue weighted by molar-refractivity contribution is -0.137. The van der Waals surface area contributed by atoms with Crippen LogP contribution in [0, 0.1) is 5.92 Å². The second-order valence-electron chi connectivity index (χ2n) is 5.71. The Morgan fingerprint density at radius 2 is 2.20 bits per heavy atom. The Bertz CT molecular complexity index is 412. The molecular weight excluding hydrogens is 252 g/mol. The molecule has 0 spiro atoms. The van der Waals surface area contributed by atoms with Gasteiger partial charge in [-0.1, -0.05) is 20.8 Å². The molecule has 1 saturated heterocycles. The van der Waals surface area contributed by atoms with Crippen LogP contribution in [0.5, 0.6) is 0 Å². The summed E-state index contributed by atoms with van der Waals surface area (Å²) in [5, 5.41) is 0. The molecule has 1 aliphatic rings. The fraction of sp³-hybridized carbons (Fsp3) is 0.688. The second kappa shape index (κ2) is 6.93. The highest BCUT2D eigenvalue weighted by molar-refractivity contribution is 5.78. The Labute approximate surface area is 121 Å². The van der Waals surface area contributed by atoms with Gasteiger partial charge in [-0.25, -0.2) is 0 Å². The molecule has 0 bridgehead atoms. The third-order valence-corrected chi connectivity index (χ3v) is 4.31. The third kappa shape index (κ3) is 3.42. The SMILES string of the molecule is CCN(CC)CC(=O)N1CC[C@@H](C)C[C@H]1c1ccco1. The molecule has 2 heterocycles. The van der Waals surface area contributed by atoms with Crippen LogP contribution in [0.2, 0.25) is 0 Å². The van der Waals surface area contributed by atoms with Crippen molar-refractivity contribution in [3.63, 3.8) is 0 Å². The quantitative estimate of drug-likeness (QED) is 0.831. The van der Waals surface area contributed by atoms with Gasteiger partial charge in [0.05, 0.1) is 18.8 Å². The molecule has 0 radical (unpaired) electrons. The van der Waals surface area contributed by atoms with Gasteiger partial charge in [0, 0.05) is 6.54 Å². The zero-order valence-corrected chi connectivity index (χ0v) is 12.8. The lowest BCUT2D eigenvalue weighted by Gasteiger charge is -2.38. The van der Waals surface area contributed by atoms with Gasteiger partial charge in [0.1, 0.15) is 5.76 Å². The lowest BCUT2D eigenvalue weighted by Crippen LogP contribution is -2.45. The molecule has 4 nitrogen and oxygen atoms in total. The largest absolute Gasteiger partial charge is 0.467 e. The molecule has 2 rings (SSSR count). The molecule has 2 atom stereocenters. The van der Waals surface area contributed by atoms with E-state index in [9.17, 15) is 4.79 Å². The number of hydrogen-bond donors (Lipinski definition) is 0. The molecule has 1 aliphatic heterocycles. The number of amides is 1. The first-order valence-electron chi connectivity index (χ1n) is 7.70. The summed E-state index contributed by atoms with van der Waals surface area (Å²) in [7, 11) is 0. The highest BCUT2D eigenvalue weighted by Gasteiger charge is 2.32. The van der Waals surface area contributed by atoms with E-state index in [4.69, 9.17) is 4.42 Å². The van der Waals surface area contributed by atoms with Gasteiger partial charge < -0.3 is 9.32 Å². The van der Waals surface area contributed by atoms with Crippen LogP contribution in [0.4, 0.5) is 0 Å². The van der Waals surface area contributed by atoms with E-state index in [2.05, 4.69) is 25.7 Å². The van der Waals surface area contributed by atoms with E-state index in [0.717, 1.165) is 38.2 Å². The first kappa shape index (κ1) is 15.1. The van der Waals surface area contributed by atoms with Crippen LogP contribution in [0.1, 0.15) is 45.4 Å². The van der Waals surface area contributed by atoms with Crippen LogP contribution in [-0.4, -0.2) is 41.9 Å². The minimum Gasteiger partial charge on any atom is -0.467 e. The van der Waals surface area contributed by atoms with E-state index in [0.29, 0.717) is 12.5 Å². The Balaban J connectivity index is 2.09. The molecule has 1 aromatic rings. The highest BCUT2D eigenvalue weighted by Crippen LogP contribution is 2.34. The average Bonchev–Trinajstić information content (AvgIpc) is 2.98. The fourth-order valence-corrected chi connectivity index (χ4v) is 2.92. The summed E-state index contributed by atoms with van der Waals surface area (Å²) >= 11 is 0. The van der Waals surface area contributed by atoms with E-state index in [-0.39, 0.29) is 11.9 Å². The normalized spacial score (nSPS) is 23.3. The van der Waals surface area contributed by atoms with Crippen molar-refractivity contribution >= 4 is 5.91 Å². The van der Waals surface area contributed by atoms with Crippen LogP contribution < -0.4 is 0 Å². The van der Waals surface area contributed by atoms with Crippen molar-refractivity contribution in [1.82, 2.24) is 9.80 Å². The van der Waals surface area contributed by atoms with Crippen LogP contribution >= 0.6 is 0 Å². The number of hydrogen-bond acceptors (Lipinski definition) is 3. The molecule has 0 unspecified atom stereocenters. The van der Waals surface area contributed by atoms with Gasteiger partial charge in [-0.3, -0.25) is 9.69 Å². The summed E-state index contributed by atoms with van der Waals surface area (Å²) in [5.74, 6) is 1.79. The van der Waals surface area contributed by atoms with Crippen molar-refractivity contribution in [2.75, 3.05) is 26.2 Å². The molecule has 0 N–H and O–H groups in total. The summed E-state index contributed by atoms with van der Waals surface area (Å²) in [6, 6.07) is 4.00. The summed E-state index contributed by atoms with van der Waals surface area (Å²) in [5.41, 5.74) is 0. The standard InChI is InChI=1S/C16H26N2O2/c1-4-17(5-2)12-16(19)18-9-8-13(3)11-14(18)15-7-6-10-20-15/h6-7,10,13-14H,4-5,8-9,11-12H2,1-3H3/t13-,14+/m1/s1. The minimum absolute atomic E-state index is 0.108. The van der Waals surface area contributed by atoms with E-state index in [1.807, 2.05) is 17.0 Å². The maximum Gasteiger partial charge on any atom is 0.237 e. The zero-order valence-electron chi connectivity index (χ0n) is 12.8. The molecule has 1 aromatic heterocycles. The Kier molecular flexibility index (Phi) is 5.24. The van der Waals surface area contributed by atoms with Crippen molar-refractivity contribution in [2.45, 2.75) is 39.7 Å². The molecular formula is C16H26N2O2. The van der Waals surface area contributed by atoms with E-state index in [1.54, 1.807) is 6.26 Å². The summed E-state index contributed by atoms with van der Waals surface area (Å²) in [6.07, 6.45) is 3.78. The van der Waals surface area contributed by atoms with Crippen LogP contribution in [-0.2, 0) is 4.79 Å². The Hall–Kier alpha value is -1.29. The molecule has 1 fully saturated rings. The number of likely N-dealkylation sites (N-methyl/N-ethyl adjacent to an activating group) is 1. The van der Waals surface area contributed by atoms with Crippen molar-refractivity contribution in [1.29, 1.82) is 0 Å². The number of piperidine rings is 1. The molecule has 0 aliphatic carbocycles. The van der Waals surface area contributed by atoms with Gasteiger partial charge in [-0.2, -0.15) is 0 Å². The number of furan rings is 1. The van der Waals surface area contributed by atoms with E-state index >= 15 is 0 Å². The maximum atomic E-state index is 12.6. The summed E-state index contributed by atoms with van der Waals surface area (Å²) in [6.45, 7) is 9.63. The van der Waals surface area contributed by atoms with Crippen LogP contribution in [0.25, 0.3) is 0 Å². The predicted molar refractivity (Wildman–Crippen MR) is 79.3 cm³/mol. The first-order chi connectivity index (χ1) is 9.65. The van der Waals surface area contributed by atoms with Gasteiger partial charge in [0.2, 0.25) is 5.91 Å². The number of carbonyl (C=O) groups excluding carboxylic acids is 1. The van der Waals surface area contributed by atoms with Crippen molar-refractivity contribution in [2.24, 2.45) is 5.92 Å². The molecule has 1 amide bonds. The topological polar surface area (TPSA) is 36.7 Å². The molecule has 0 aromatic carbocycles. The van der Waals surface area contributed by atoms with Crippen LogP contribution in [0.3, 0.4) is 0 Å². The molecule has 20 heavy (non-hydrogen) atoms. The van der Waals surface area contributed by atoms with Crippen molar-refractivity contribution in [3.8, 4) is 0 Å². The monoisotopic (exact) mass is 278 g/mol. The summed E-state index contributed by atoms with van der Waals surface area (Å²) < 4.78 is 5.55. The number of carbonyl (C=O) groups is 1. The van der Waals surface area contributed by atoms with Gasteiger partial charge in [0.25, 0.3) is 0 Å². The van der Waals surface area contributed by atoms with Gasteiger partial charge in [-0.05, 0) is 44.0 Å².